The van der Waals surface area contributed by atoms with E-state index in [1.54, 1.807) is 18.2 Å². The lowest BCUT2D eigenvalue weighted by Crippen LogP contribution is -2.42. The number of fused-ring (bicyclic) bond motifs is 1. The van der Waals surface area contributed by atoms with Gasteiger partial charge in [-0.1, -0.05) is 32.1 Å². The van der Waals surface area contributed by atoms with Gasteiger partial charge in [0.15, 0.2) is 11.5 Å². The quantitative estimate of drug-likeness (QED) is 0.561. The second-order valence-electron chi connectivity index (χ2n) is 8.76. The van der Waals surface area contributed by atoms with E-state index < -0.39 is 6.03 Å². The Labute approximate surface area is 179 Å². The van der Waals surface area contributed by atoms with Crippen molar-refractivity contribution in [3.8, 4) is 11.5 Å². The minimum absolute atomic E-state index is 0.149. The third-order valence-electron chi connectivity index (χ3n) is 6.53. The fourth-order valence-electron chi connectivity index (χ4n) is 4.82. The van der Waals surface area contributed by atoms with Gasteiger partial charge in [-0.05, 0) is 50.4 Å². The molecule has 0 bridgehead atoms. The van der Waals surface area contributed by atoms with Gasteiger partial charge in [0.2, 0.25) is 0 Å². The second kappa shape index (κ2) is 10.2. The molecule has 1 saturated carbocycles. The maximum Gasteiger partial charge on any atom is 0.347 e. The zero-order valence-corrected chi connectivity index (χ0v) is 17.8. The molecule has 1 aliphatic carbocycles. The lowest BCUT2D eigenvalue weighted by Gasteiger charge is -2.33. The number of aliphatic imine (C=N–C) groups is 1. The smallest absolute Gasteiger partial charge is 0.347 e. The first-order valence-electron chi connectivity index (χ1n) is 11.4. The molecule has 1 atom stereocenters. The van der Waals surface area contributed by atoms with E-state index in [2.05, 4.69) is 15.2 Å². The van der Waals surface area contributed by atoms with Gasteiger partial charge >= 0.3 is 6.03 Å². The molecule has 2 aliphatic heterocycles. The average molecular weight is 415 g/mol. The molecule has 2 amide bonds. The zero-order valence-electron chi connectivity index (χ0n) is 17.8. The van der Waals surface area contributed by atoms with Crippen LogP contribution in [0.1, 0.15) is 51.4 Å². The predicted molar refractivity (Wildman–Crippen MR) is 118 cm³/mol. The van der Waals surface area contributed by atoms with Gasteiger partial charge in [0.25, 0.3) is 0 Å². The predicted octanol–water partition coefficient (Wildman–Crippen LogP) is 4.03. The summed E-state index contributed by atoms with van der Waals surface area (Å²) < 4.78 is 11.1. The normalized spacial score (nSPS) is 23.2. The number of anilines is 1. The van der Waals surface area contributed by atoms with Crippen LogP contribution in [0.25, 0.3) is 0 Å². The lowest BCUT2D eigenvalue weighted by atomic mass is 9.86. The van der Waals surface area contributed by atoms with Crippen molar-refractivity contribution in [2.24, 2.45) is 22.6 Å². The first kappa shape index (κ1) is 21.0. The largest absolute Gasteiger partial charge is 0.486 e. The van der Waals surface area contributed by atoms with Gasteiger partial charge < -0.3 is 25.4 Å². The van der Waals surface area contributed by atoms with Gasteiger partial charge in [0.05, 0.1) is 0 Å². The number of amidine groups is 1. The van der Waals surface area contributed by atoms with E-state index >= 15 is 0 Å². The number of benzene rings is 1. The number of hydrogen-bond acceptors (Lipinski definition) is 4. The summed E-state index contributed by atoms with van der Waals surface area (Å²) in [6.45, 7) is 4.21. The standard InChI is InChI=1S/C23H34N4O3/c24-22(18-7-4-11-27(16-18)12-10-17-5-2-1-3-6-17)26-23(28)25-19-8-9-20-21(15-19)30-14-13-29-20/h8-9,15,17-18H,1-7,10-14,16H2,(H3,24,25,26,28). The number of hydrogen-bond donors (Lipinski definition) is 2. The molecule has 1 aromatic carbocycles. The van der Waals surface area contributed by atoms with E-state index in [1.165, 1.54) is 38.5 Å². The van der Waals surface area contributed by atoms with Gasteiger partial charge in [0.1, 0.15) is 19.0 Å². The first-order chi connectivity index (χ1) is 14.7. The molecule has 1 saturated heterocycles. The number of carbonyl (C=O) groups is 1. The Morgan fingerprint density at radius 2 is 1.90 bits per heavy atom. The fraction of sp³-hybridized carbons (Fsp3) is 0.652. The number of nitrogens with one attached hydrogen (secondary N) is 1. The zero-order chi connectivity index (χ0) is 20.8. The molecule has 3 aliphatic rings. The number of ether oxygens (including phenoxy) is 2. The number of piperidine rings is 1. The van der Waals surface area contributed by atoms with Crippen molar-refractivity contribution in [1.29, 1.82) is 0 Å². The molecule has 164 valence electrons. The van der Waals surface area contributed by atoms with Crippen molar-refractivity contribution in [3.63, 3.8) is 0 Å². The maximum absolute atomic E-state index is 12.4. The van der Waals surface area contributed by atoms with Gasteiger partial charge in [-0.25, -0.2) is 4.79 Å². The number of nitrogens with two attached hydrogens (primary N) is 1. The van der Waals surface area contributed by atoms with Crippen LogP contribution in [0.4, 0.5) is 10.5 Å². The number of nitrogens with zero attached hydrogens (tertiary/aromatic N) is 2. The van der Waals surface area contributed by atoms with Gasteiger partial charge in [-0.3, -0.25) is 0 Å². The summed E-state index contributed by atoms with van der Waals surface area (Å²) in [7, 11) is 0. The molecular weight excluding hydrogens is 380 g/mol. The van der Waals surface area contributed by atoms with Crippen molar-refractivity contribution in [1.82, 2.24) is 4.90 Å². The van der Waals surface area contributed by atoms with Crippen LogP contribution >= 0.6 is 0 Å². The summed E-state index contributed by atoms with van der Waals surface area (Å²) in [5, 5.41) is 2.79. The maximum atomic E-state index is 12.4. The Kier molecular flexibility index (Phi) is 7.10. The Morgan fingerprint density at radius 3 is 2.73 bits per heavy atom. The van der Waals surface area contributed by atoms with Gasteiger partial charge in [0, 0.05) is 24.2 Å². The lowest BCUT2D eigenvalue weighted by molar-refractivity contribution is 0.171. The summed E-state index contributed by atoms with van der Waals surface area (Å²) in [5.41, 5.74) is 6.86. The summed E-state index contributed by atoms with van der Waals surface area (Å²) in [5.74, 6) is 2.81. The van der Waals surface area contributed by atoms with Crippen molar-refractivity contribution in [2.75, 3.05) is 38.2 Å². The molecule has 7 nitrogen and oxygen atoms in total. The highest BCUT2D eigenvalue weighted by Crippen LogP contribution is 2.32. The second-order valence-corrected chi connectivity index (χ2v) is 8.76. The SMILES string of the molecule is N/C(=N\C(=O)Nc1ccc2c(c1)OCCO2)C1CCCN(CCC2CCCCC2)C1. The molecule has 4 rings (SSSR count). The number of carbonyl (C=O) groups excluding carboxylic acids is 1. The number of urea groups is 1. The van der Waals surface area contributed by atoms with Crippen molar-refractivity contribution in [2.45, 2.75) is 51.4 Å². The van der Waals surface area contributed by atoms with Crippen LogP contribution in [0, 0.1) is 11.8 Å². The van der Waals surface area contributed by atoms with Crippen LogP contribution in [0.15, 0.2) is 23.2 Å². The highest BCUT2D eigenvalue weighted by Gasteiger charge is 2.24. The molecule has 3 N–H and O–H groups in total. The molecule has 0 radical (unpaired) electrons. The van der Waals surface area contributed by atoms with Crippen LogP contribution in [0.3, 0.4) is 0 Å². The third-order valence-corrected chi connectivity index (χ3v) is 6.53. The summed E-state index contributed by atoms with van der Waals surface area (Å²) in [6.07, 6.45) is 10.4. The third kappa shape index (κ3) is 5.65. The molecular formula is C23H34N4O3. The van der Waals surface area contributed by atoms with E-state index in [4.69, 9.17) is 15.2 Å². The Morgan fingerprint density at radius 1 is 1.10 bits per heavy atom. The van der Waals surface area contributed by atoms with E-state index in [0.29, 0.717) is 36.2 Å². The molecule has 2 heterocycles. The molecule has 30 heavy (non-hydrogen) atoms. The topological polar surface area (TPSA) is 89.2 Å². The van der Waals surface area contributed by atoms with Crippen molar-refractivity contribution in [3.05, 3.63) is 18.2 Å². The van der Waals surface area contributed by atoms with E-state index in [9.17, 15) is 4.79 Å². The molecule has 1 unspecified atom stereocenters. The van der Waals surface area contributed by atoms with Crippen LogP contribution < -0.4 is 20.5 Å². The van der Waals surface area contributed by atoms with E-state index in [1.807, 2.05) is 0 Å². The molecule has 0 spiro atoms. The Balaban J connectivity index is 1.28. The van der Waals surface area contributed by atoms with Gasteiger partial charge in [-0.2, -0.15) is 4.99 Å². The highest BCUT2D eigenvalue weighted by atomic mass is 16.6. The summed E-state index contributed by atoms with van der Waals surface area (Å²) in [6, 6.07) is 4.89. The van der Waals surface area contributed by atoms with E-state index in [-0.39, 0.29) is 5.92 Å². The monoisotopic (exact) mass is 414 g/mol. The summed E-state index contributed by atoms with van der Waals surface area (Å²) >= 11 is 0. The number of likely N-dealkylation sites (tertiary alicyclic amines) is 1. The average Bonchev–Trinajstić information content (AvgIpc) is 2.78. The van der Waals surface area contributed by atoms with Crippen molar-refractivity contribution >= 4 is 17.6 Å². The number of rotatable bonds is 5. The summed E-state index contributed by atoms with van der Waals surface area (Å²) in [4.78, 5) is 19.0. The van der Waals surface area contributed by atoms with Gasteiger partial charge in [-0.15, -0.1) is 0 Å². The molecule has 0 aromatic heterocycles. The Bertz CT molecular complexity index is 761. The highest BCUT2D eigenvalue weighted by molar-refractivity contribution is 6.00. The van der Waals surface area contributed by atoms with Crippen LogP contribution in [-0.2, 0) is 0 Å². The fourth-order valence-corrected chi connectivity index (χ4v) is 4.82. The molecule has 2 fully saturated rings. The molecule has 1 aromatic rings. The van der Waals surface area contributed by atoms with Crippen molar-refractivity contribution < 1.29 is 14.3 Å². The minimum Gasteiger partial charge on any atom is -0.486 e. The van der Waals surface area contributed by atoms with Crippen LogP contribution in [-0.4, -0.2) is 49.6 Å². The van der Waals surface area contributed by atoms with E-state index in [0.717, 1.165) is 38.4 Å². The molecule has 7 heteroatoms. The number of amides is 2. The van der Waals surface area contributed by atoms with Crippen LogP contribution in [0.5, 0.6) is 11.5 Å². The first-order valence-corrected chi connectivity index (χ1v) is 11.4. The van der Waals surface area contributed by atoms with Crippen LogP contribution in [0.2, 0.25) is 0 Å². The Hall–Kier alpha value is -2.28. The minimum atomic E-state index is -0.441.